The fourth-order valence-electron chi connectivity index (χ4n) is 2.31. The molecule has 0 saturated carbocycles. The van der Waals surface area contributed by atoms with Gasteiger partial charge in [-0.25, -0.2) is 0 Å². The van der Waals surface area contributed by atoms with Gasteiger partial charge in [0.05, 0.1) is 0 Å². The topological polar surface area (TPSA) is 43.4 Å². The first kappa shape index (κ1) is 14.3. The summed E-state index contributed by atoms with van der Waals surface area (Å²) >= 11 is 0. The first-order chi connectivity index (χ1) is 9.66. The van der Waals surface area contributed by atoms with Crippen molar-refractivity contribution in [1.82, 2.24) is 0 Å². The third-order valence-corrected chi connectivity index (χ3v) is 3.46. The zero-order valence-corrected chi connectivity index (χ0v) is 11.7. The van der Waals surface area contributed by atoms with E-state index in [9.17, 15) is 9.59 Å². The molecule has 3 nitrogen and oxygen atoms in total. The first-order valence-corrected chi connectivity index (χ1v) is 6.76. The number of fused-ring (bicyclic) bond motifs is 1. The maximum absolute atomic E-state index is 11.7. The molecule has 0 heterocycles. The summed E-state index contributed by atoms with van der Waals surface area (Å²) < 4.78 is 5.42. The molecule has 0 aromatic heterocycles. The van der Waals surface area contributed by atoms with Crippen molar-refractivity contribution in [2.45, 2.75) is 32.3 Å². The number of carbonyl (C=O) groups is 1. The van der Waals surface area contributed by atoms with Crippen molar-refractivity contribution < 1.29 is 14.3 Å². The van der Waals surface area contributed by atoms with Gasteiger partial charge in [0.15, 0.2) is 0 Å². The predicted octanol–water partition coefficient (Wildman–Crippen LogP) is 3.51. The summed E-state index contributed by atoms with van der Waals surface area (Å²) in [7, 11) is 0. The quantitative estimate of drug-likeness (QED) is 0.780. The van der Waals surface area contributed by atoms with E-state index < -0.39 is 11.6 Å². The van der Waals surface area contributed by atoms with Crippen LogP contribution in [0.3, 0.4) is 0 Å². The zero-order chi connectivity index (χ0) is 14.6. The molecule has 1 atom stereocenters. The van der Waals surface area contributed by atoms with Crippen molar-refractivity contribution >= 4 is 23.0 Å². The minimum absolute atomic E-state index is 0.230. The second-order valence-electron chi connectivity index (χ2n) is 4.64. The van der Waals surface area contributed by atoms with E-state index in [1.54, 1.807) is 6.92 Å². The van der Waals surface area contributed by atoms with E-state index >= 15 is 0 Å². The van der Waals surface area contributed by atoms with E-state index in [0.717, 1.165) is 10.8 Å². The molecule has 0 amide bonds. The van der Waals surface area contributed by atoms with Gasteiger partial charge in [0, 0.05) is 12.0 Å². The lowest BCUT2D eigenvalue weighted by Crippen LogP contribution is -2.33. The number of hydrogen-bond acceptors (Lipinski definition) is 3. The van der Waals surface area contributed by atoms with Gasteiger partial charge in [0.25, 0.3) is 6.29 Å². The second kappa shape index (κ2) is 5.87. The van der Waals surface area contributed by atoms with E-state index in [0.29, 0.717) is 12.0 Å². The van der Waals surface area contributed by atoms with Crippen LogP contribution in [0.4, 0.5) is 0 Å². The summed E-state index contributed by atoms with van der Waals surface area (Å²) in [5, 5.41) is 1.91. The standard InChI is InChI=1S/C17H17O3/c1-3-16(19)20-17(4-2,12-18)15-11-7-9-13-8-5-6-10-14(13)15/h5-11H,3-4H2,1-2H3. The molecular formula is C17H17O3. The van der Waals surface area contributed by atoms with Crippen LogP contribution in [0.15, 0.2) is 42.5 Å². The molecule has 1 unspecified atom stereocenters. The molecule has 3 heteroatoms. The van der Waals surface area contributed by atoms with Crippen LogP contribution in [0.25, 0.3) is 10.8 Å². The molecule has 2 aromatic rings. The second-order valence-corrected chi connectivity index (χ2v) is 4.64. The summed E-state index contributed by atoms with van der Waals surface area (Å²) in [6.45, 7) is 3.52. The predicted molar refractivity (Wildman–Crippen MR) is 78.0 cm³/mol. The van der Waals surface area contributed by atoms with Gasteiger partial charge in [-0.15, -0.1) is 0 Å². The smallest absolute Gasteiger partial charge is 0.306 e. The van der Waals surface area contributed by atoms with Crippen molar-refractivity contribution in [3.05, 3.63) is 48.0 Å². The van der Waals surface area contributed by atoms with Gasteiger partial charge < -0.3 is 4.74 Å². The Bertz CT molecular complexity index is 628. The van der Waals surface area contributed by atoms with E-state index in [2.05, 4.69) is 0 Å². The molecule has 2 rings (SSSR count). The number of ether oxygens (including phenoxy) is 1. The largest absolute Gasteiger partial charge is 0.446 e. The summed E-state index contributed by atoms with van der Waals surface area (Å²) in [5.74, 6) is -0.400. The van der Waals surface area contributed by atoms with Crippen LogP contribution >= 0.6 is 0 Å². The molecule has 0 aliphatic carbocycles. The average molecular weight is 269 g/mol. The summed E-state index contributed by atoms with van der Waals surface area (Å²) in [4.78, 5) is 23.2. The highest BCUT2D eigenvalue weighted by Crippen LogP contribution is 2.33. The van der Waals surface area contributed by atoms with Crippen molar-refractivity contribution in [2.75, 3.05) is 0 Å². The maximum atomic E-state index is 11.7. The Hall–Kier alpha value is -2.16. The van der Waals surface area contributed by atoms with Crippen LogP contribution in [-0.4, -0.2) is 12.3 Å². The number of hydrogen-bond donors (Lipinski definition) is 0. The molecule has 0 spiro atoms. The Morgan fingerprint density at radius 1 is 1.15 bits per heavy atom. The Kier molecular flexibility index (Phi) is 4.18. The SMILES string of the molecule is CCC(=O)OC([C]=O)(CC)c1cccc2ccccc12. The Morgan fingerprint density at radius 2 is 1.85 bits per heavy atom. The van der Waals surface area contributed by atoms with Gasteiger partial charge in [-0.3, -0.25) is 9.59 Å². The van der Waals surface area contributed by atoms with Crippen molar-refractivity contribution in [3.8, 4) is 0 Å². The Balaban J connectivity index is 2.62. The minimum atomic E-state index is -1.33. The maximum Gasteiger partial charge on any atom is 0.306 e. The molecule has 0 fully saturated rings. The van der Waals surface area contributed by atoms with Crippen LogP contribution in [0.1, 0.15) is 32.3 Å². The number of benzene rings is 2. The monoisotopic (exact) mass is 269 g/mol. The van der Waals surface area contributed by atoms with Crippen LogP contribution in [0.2, 0.25) is 0 Å². The molecule has 0 bridgehead atoms. The third kappa shape index (κ3) is 2.44. The molecular weight excluding hydrogens is 252 g/mol. The Labute approximate surface area is 118 Å². The van der Waals surface area contributed by atoms with E-state index in [4.69, 9.17) is 4.74 Å². The number of carbonyl (C=O) groups excluding carboxylic acids is 2. The lowest BCUT2D eigenvalue weighted by atomic mass is 9.88. The lowest BCUT2D eigenvalue weighted by Gasteiger charge is -2.27. The molecule has 103 valence electrons. The van der Waals surface area contributed by atoms with Crippen LogP contribution in [0.5, 0.6) is 0 Å². The molecule has 2 aromatic carbocycles. The van der Waals surface area contributed by atoms with Crippen LogP contribution in [-0.2, 0) is 19.9 Å². The van der Waals surface area contributed by atoms with Gasteiger partial charge in [-0.2, -0.15) is 0 Å². The van der Waals surface area contributed by atoms with E-state index in [1.807, 2.05) is 55.7 Å². The zero-order valence-electron chi connectivity index (χ0n) is 11.7. The third-order valence-electron chi connectivity index (χ3n) is 3.46. The molecule has 0 aliphatic rings. The molecule has 0 saturated heterocycles. The fourth-order valence-corrected chi connectivity index (χ4v) is 2.31. The molecule has 20 heavy (non-hydrogen) atoms. The summed E-state index contributed by atoms with van der Waals surface area (Å²) in [6, 6.07) is 13.4. The molecule has 0 N–H and O–H groups in total. The highest BCUT2D eigenvalue weighted by atomic mass is 16.6. The lowest BCUT2D eigenvalue weighted by molar-refractivity contribution is -0.154. The van der Waals surface area contributed by atoms with Gasteiger partial charge in [0.2, 0.25) is 5.60 Å². The van der Waals surface area contributed by atoms with Crippen molar-refractivity contribution in [1.29, 1.82) is 0 Å². The van der Waals surface area contributed by atoms with Crippen LogP contribution < -0.4 is 0 Å². The van der Waals surface area contributed by atoms with Crippen molar-refractivity contribution in [2.24, 2.45) is 0 Å². The van der Waals surface area contributed by atoms with E-state index in [-0.39, 0.29) is 6.42 Å². The molecule has 1 radical (unpaired) electrons. The normalized spacial score (nSPS) is 13.7. The van der Waals surface area contributed by atoms with Gasteiger partial charge in [-0.1, -0.05) is 56.3 Å². The number of rotatable bonds is 5. The number of esters is 1. The van der Waals surface area contributed by atoms with Gasteiger partial charge in [0.1, 0.15) is 0 Å². The Morgan fingerprint density at radius 3 is 2.50 bits per heavy atom. The highest BCUT2D eigenvalue weighted by Gasteiger charge is 2.36. The van der Waals surface area contributed by atoms with Gasteiger partial charge in [-0.05, 0) is 17.2 Å². The summed E-state index contributed by atoms with van der Waals surface area (Å²) in [6.07, 6.45) is 2.53. The highest BCUT2D eigenvalue weighted by molar-refractivity contribution is 5.90. The summed E-state index contributed by atoms with van der Waals surface area (Å²) in [5.41, 5.74) is -0.636. The average Bonchev–Trinajstić information content (AvgIpc) is 2.52. The molecule has 0 aliphatic heterocycles. The first-order valence-electron chi connectivity index (χ1n) is 6.76. The van der Waals surface area contributed by atoms with E-state index in [1.165, 1.54) is 0 Å². The minimum Gasteiger partial charge on any atom is -0.446 e. The van der Waals surface area contributed by atoms with Crippen LogP contribution in [0, 0.1) is 0 Å². The van der Waals surface area contributed by atoms with Crippen molar-refractivity contribution in [3.63, 3.8) is 0 Å². The fraction of sp³-hybridized carbons (Fsp3) is 0.294. The van der Waals surface area contributed by atoms with Gasteiger partial charge >= 0.3 is 5.97 Å².